The van der Waals surface area contributed by atoms with Crippen molar-refractivity contribution in [3.05, 3.63) is 34.3 Å². The van der Waals surface area contributed by atoms with Crippen molar-refractivity contribution in [3.8, 4) is 0 Å². The van der Waals surface area contributed by atoms with E-state index in [1.165, 1.54) is 0 Å². The number of halogens is 1. The Bertz CT molecular complexity index is 402. The van der Waals surface area contributed by atoms with Gasteiger partial charge >= 0.3 is 5.97 Å². The highest BCUT2D eigenvalue weighted by atomic mass is 79.9. The summed E-state index contributed by atoms with van der Waals surface area (Å²) in [6, 6.07) is 7.65. The maximum absolute atomic E-state index is 11.3. The fourth-order valence-corrected chi connectivity index (χ4v) is 2.73. The molecule has 1 aromatic rings. The Hall–Kier alpha value is -0.830. The molecule has 0 bridgehead atoms. The molecule has 2 nitrogen and oxygen atoms in total. The van der Waals surface area contributed by atoms with E-state index in [9.17, 15) is 9.90 Å². The summed E-state index contributed by atoms with van der Waals surface area (Å²) in [4.78, 5) is 11.3. The van der Waals surface area contributed by atoms with Crippen molar-refractivity contribution in [1.29, 1.82) is 0 Å². The van der Waals surface area contributed by atoms with Gasteiger partial charge in [0.25, 0.3) is 0 Å². The summed E-state index contributed by atoms with van der Waals surface area (Å²) < 4.78 is 0.947. The molecule has 0 aromatic heterocycles. The fourth-order valence-electron chi connectivity index (χ4n) is 2.33. The summed E-state index contributed by atoms with van der Waals surface area (Å²) >= 11 is 3.38. The molecule has 80 valence electrons. The normalized spacial score (nSPS) is 28.8. The summed E-state index contributed by atoms with van der Waals surface area (Å²) in [7, 11) is 0. The molecule has 3 heteroatoms. The van der Waals surface area contributed by atoms with E-state index in [1.807, 2.05) is 31.2 Å². The monoisotopic (exact) mass is 268 g/mol. The highest BCUT2D eigenvalue weighted by molar-refractivity contribution is 9.10. The quantitative estimate of drug-likeness (QED) is 0.914. The molecule has 2 rings (SSSR count). The molecule has 15 heavy (non-hydrogen) atoms. The lowest BCUT2D eigenvalue weighted by Crippen LogP contribution is -2.22. The largest absolute Gasteiger partial charge is 0.481 e. The lowest BCUT2D eigenvalue weighted by atomic mass is 9.93. The van der Waals surface area contributed by atoms with Gasteiger partial charge in [-0.1, -0.05) is 41.4 Å². The first-order valence-corrected chi connectivity index (χ1v) is 5.90. The predicted octanol–water partition coefficient (Wildman–Crippen LogP) is 3.20. The first kappa shape index (κ1) is 10.7. The fraction of sp³-hybridized carbons (Fsp3) is 0.417. The molecule has 0 spiro atoms. The number of benzene rings is 1. The molecule has 0 aliphatic heterocycles. The minimum absolute atomic E-state index is 0.296. The molecule has 1 fully saturated rings. The zero-order valence-electron chi connectivity index (χ0n) is 8.53. The second kappa shape index (κ2) is 3.63. The minimum Gasteiger partial charge on any atom is -0.481 e. The van der Waals surface area contributed by atoms with Gasteiger partial charge in [0.15, 0.2) is 0 Å². The Morgan fingerprint density at radius 1 is 1.67 bits per heavy atom. The average Bonchev–Trinajstić information content (AvgIpc) is 2.93. The van der Waals surface area contributed by atoms with Gasteiger partial charge in [-0.15, -0.1) is 0 Å². The standard InChI is InChI=1S/C12H13BrO2/c1-2-8-7-12(8,11(14)15)9-4-3-5-10(13)6-9/h3-6,8H,2,7H2,1H3,(H,14,15). The Morgan fingerprint density at radius 3 is 2.87 bits per heavy atom. The van der Waals surface area contributed by atoms with Crippen LogP contribution in [-0.2, 0) is 10.2 Å². The van der Waals surface area contributed by atoms with E-state index in [4.69, 9.17) is 0 Å². The molecular weight excluding hydrogens is 256 g/mol. The number of carboxylic acids is 1. The van der Waals surface area contributed by atoms with E-state index in [-0.39, 0.29) is 0 Å². The van der Waals surface area contributed by atoms with Crippen LogP contribution in [0.1, 0.15) is 25.3 Å². The molecule has 1 aliphatic rings. The summed E-state index contributed by atoms with van der Waals surface area (Å²) in [6.07, 6.45) is 1.70. The molecule has 2 atom stereocenters. The van der Waals surface area contributed by atoms with Crippen LogP contribution in [0.25, 0.3) is 0 Å². The molecule has 0 radical (unpaired) electrons. The number of aliphatic carboxylic acids is 1. The summed E-state index contributed by atoms with van der Waals surface area (Å²) in [5.41, 5.74) is 0.314. The summed E-state index contributed by atoms with van der Waals surface area (Å²) in [5.74, 6) is -0.392. The van der Waals surface area contributed by atoms with Crippen LogP contribution in [0.4, 0.5) is 0 Å². The van der Waals surface area contributed by atoms with Crippen LogP contribution >= 0.6 is 15.9 Å². The number of rotatable bonds is 3. The Balaban J connectivity index is 2.40. The van der Waals surface area contributed by atoms with E-state index in [2.05, 4.69) is 15.9 Å². The predicted molar refractivity (Wildman–Crippen MR) is 61.9 cm³/mol. The highest BCUT2D eigenvalue weighted by Crippen LogP contribution is 2.56. The van der Waals surface area contributed by atoms with Crippen molar-refractivity contribution in [2.24, 2.45) is 5.92 Å². The van der Waals surface area contributed by atoms with Crippen LogP contribution in [0.5, 0.6) is 0 Å². The van der Waals surface area contributed by atoms with Crippen molar-refractivity contribution in [2.75, 3.05) is 0 Å². The lowest BCUT2D eigenvalue weighted by molar-refractivity contribution is -0.140. The third kappa shape index (κ3) is 1.59. The molecule has 2 unspecified atom stereocenters. The lowest BCUT2D eigenvalue weighted by Gasteiger charge is -2.12. The first-order chi connectivity index (χ1) is 7.11. The van der Waals surface area contributed by atoms with Gasteiger partial charge in [-0.3, -0.25) is 4.79 Å². The van der Waals surface area contributed by atoms with Crippen LogP contribution in [-0.4, -0.2) is 11.1 Å². The third-order valence-corrected chi connectivity index (χ3v) is 3.81. The second-order valence-corrected chi connectivity index (χ2v) is 5.01. The Morgan fingerprint density at radius 2 is 2.40 bits per heavy atom. The Kier molecular flexibility index (Phi) is 2.59. The van der Waals surface area contributed by atoms with Gasteiger partial charge in [-0.05, 0) is 30.0 Å². The number of carbonyl (C=O) groups is 1. The zero-order valence-corrected chi connectivity index (χ0v) is 10.1. The maximum atomic E-state index is 11.3. The number of carboxylic acid groups (broad SMARTS) is 1. The topological polar surface area (TPSA) is 37.3 Å². The van der Waals surface area contributed by atoms with Crippen molar-refractivity contribution < 1.29 is 9.90 Å². The van der Waals surface area contributed by atoms with Gasteiger partial charge < -0.3 is 5.11 Å². The van der Waals surface area contributed by atoms with Crippen LogP contribution < -0.4 is 0 Å². The maximum Gasteiger partial charge on any atom is 0.314 e. The van der Waals surface area contributed by atoms with Crippen molar-refractivity contribution in [2.45, 2.75) is 25.2 Å². The van der Waals surface area contributed by atoms with Crippen molar-refractivity contribution in [1.82, 2.24) is 0 Å². The van der Waals surface area contributed by atoms with Gasteiger partial charge in [-0.25, -0.2) is 0 Å². The van der Waals surface area contributed by atoms with E-state index in [0.29, 0.717) is 5.92 Å². The summed E-state index contributed by atoms with van der Waals surface area (Å²) in [5, 5.41) is 9.33. The first-order valence-electron chi connectivity index (χ1n) is 5.10. The van der Waals surface area contributed by atoms with Gasteiger partial charge in [0, 0.05) is 4.47 Å². The van der Waals surface area contributed by atoms with Gasteiger partial charge in [0.1, 0.15) is 0 Å². The second-order valence-electron chi connectivity index (χ2n) is 4.10. The molecule has 1 aromatic carbocycles. The van der Waals surface area contributed by atoms with Gasteiger partial charge in [-0.2, -0.15) is 0 Å². The molecule has 1 saturated carbocycles. The third-order valence-electron chi connectivity index (χ3n) is 3.32. The molecule has 0 saturated heterocycles. The highest BCUT2D eigenvalue weighted by Gasteiger charge is 2.60. The average molecular weight is 269 g/mol. The molecule has 0 amide bonds. The smallest absolute Gasteiger partial charge is 0.314 e. The van der Waals surface area contributed by atoms with Crippen molar-refractivity contribution >= 4 is 21.9 Å². The SMILES string of the molecule is CCC1CC1(C(=O)O)c1cccc(Br)c1. The van der Waals surface area contributed by atoms with Crippen LogP contribution in [0.15, 0.2) is 28.7 Å². The van der Waals surface area contributed by atoms with E-state index in [0.717, 1.165) is 22.9 Å². The molecule has 1 N–H and O–H groups in total. The number of hydrogen-bond donors (Lipinski definition) is 1. The van der Waals surface area contributed by atoms with Gasteiger partial charge in [0.2, 0.25) is 0 Å². The Labute approximate surface area is 97.4 Å². The molecule has 1 aliphatic carbocycles. The molecule has 0 heterocycles. The van der Waals surface area contributed by atoms with Crippen molar-refractivity contribution in [3.63, 3.8) is 0 Å². The van der Waals surface area contributed by atoms with E-state index in [1.54, 1.807) is 0 Å². The van der Waals surface area contributed by atoms with E-state index >= 15 is 0 Å². The number of hydrogen-bond acceptors (Lipinski definition) is 1. The van der Waals surface area contributed by atoms with Gasteiger partial charge in [0.05, 0.1) is 5.41 Å². The van der Waals surface area contributed by atoms with Crippen LogP contribution in [0.3, 0.4) is 0 Å². The zero-order chi connectivity index (χ0) is 11.1. The van der Waals surface area contributed by atoms with Crippen LogP contribution in [0.2, 0.25) is 0 Å². The molecular formula is C12H13BrO2. The minimum atomic E-state index is -0.688. The van der Waals surface area contributed by atoms with E-state index < -0.39 is 11.4 Å². The van der Waals surface area contributed by atoms with Crippen LogP contribution in [0, 0.1) is 5.92 Å². The summed E-state index contributed by atoms with van der Waals surface area (Å²) in [6.45, 7) is 2.05.